The Balaban J connectivity index is 1.64. The van der Waals surface area contributed by atoms with Crippen molar-refractivity contribution in [1.82, 2.24) is 20.0 Å². The molecular weight excluding hydrogens is 587 g/mol. The van der Waals surface area contributed by atoms with Crippen LogP contribution in [0.4, 0.5) is 4.39 Å². The summed E-state index contributed by atoms with van der Waals surface area (Å²) in [4.78, 5) is 29.2. The van der Waals surface area contributed by atoms with E-state index in [9.17, 15) is 18.0 Å². The van der Waals surface area contributed by atoms with Gasteiger partial charge in [-0.15, -0.1) is 0 Å². The monoisotopic (exact) mass is 616 g/mol. The molecule has 1 N–H and O–H groups in total. The van der Waals surface area contributed by atoms with Gasteiger partial charge in [0.15, 0.2) is 21.4 Å². The summed E-state index contributed by atoms with van der Waals surface area (Å²) in [6.07, 6.45) is 1.42. The third kappa shape index (κ3) is 7.67. The van der Waals surface area contributed by atoms with Crippen LogP contribution >= 0.6 is 11.6 Å². The number of hydrazine groups is 1. The number of sulfone groups is 1. The quantitative estimate of drug-likeness (QED) is 0.219. The Morgan fingerprint density at radius 3 is 2.50 bits per heavy atom. The zero-order valence-corrected chi connectivity index (χ0v) is 24.7. The molecular formula is C29H30ClFN4O6S. The van der Waals surface area contributed by atoms with E-state index in [-0.39, 0.29) is 58.5 Å². The van der Waals surface area contributed by atoms with Gasteiger partial charge in [-0.25, -0.2) is 22.8 Å². The summed E-state index contributed by atoms with van der Waals surface area (Å²) in [7, 11) is -1.78. The molecule has 1 aliphatic rings. The molecule has 2 heterocycles. The molecule has 10 nitrogen and oxygen atoms in total. The number of carbonyl (C=O) groups excluding carboxylic acids is 2. The lowest BCUT2D eigenvalue weighted by Crippen LogP contribution is -2.50. The molecule has 0 radical (unpaired) electrons. The normalized spacial score (nSPS) is 14.5. The van der Waals surface area contributed by atoms with E-state index in [1.165, 1.54) is 28.8 Å². The number of esters is 1. The summed E-state index contributed by atoms with van der Waals surface area (Å²) < 4.78 is 50.7. The molecule has 1 amide bonds. The summed E-state index contributed by atoms with van der Waals surface area (Å²) in [6, 6.07) is 11.1. The lowest BCUT2D eigenvalue weighted by atomic mass is 10.1. The number of methoxy groups -OCH3 is 1. The molecule has 222 valence electrons. The van der Waals surface area contributed by atoms with E-state index in [0.29, 0.717) is 37.1 Å². The maximum atomic E-state index is 15.1. The summed E-state index contributed by atoms with van der Waals surface area (Å²) >= 11 is 5.97. The standard InChI is InChI=1S/C29H30ClFN4O6S/c1-3-41-25(36)8-6-4-5-7-20-9-12-22(13-10-20)35-27(23-14-11-21(30)19-24(23)31)32-26(29(35)40-2)28(37)33-34-15-17-42(38,39)18-16-34/h9-14,19H,3-4,6,8,15-18H2,1-2H3,(H,33,37). The minimum Gasteiger partial charge on any atom is -0.480 e. The van der Waals surface area contributed by atoms with E-state index < -0.39 is 21.6 Å². The van der Waals surface area contributed by atoms with Gasteiger partial charge in [0, 0.05) is 36.5 Å². The highest BCUT2D eigenvalue weighted by Gasteiger charge is 2.29. The number of imidazole rings is 1. The van der Waals surface area contributed by atoms with Gasteiger partial charge in [-0.05, 0) is 55.8 Å². The fourth-order valence-corrected chi connectivity index (χ4v) is 5.63. The van der Waals surface area contributed by atoms with E-state index in [0.717, 1.165) is 6.07 Å². The van der Waals surface area contributed by atoms with Crippen LogP contribution in [0.25, 0.3) is 17.1 Å². The van der Waals surface area contributed by atoms with Gasteiger partial charge in [-0.2, -0.15) is 0 Å². The van der Waals surface area contributed by atoms with E-state index in [4.69, 9.17) is 21.1 Å². The number of nitrogens with one attached hydrogen (secondary N) is 1. The molecule has 4 rings (SSSR count). The van der Waals surface area contributed by atoms with Crippen molar-refractivity contribution in [2.24, 2.45) is 0 Å². The molecule has 1 aromatic heterocycles. The number of amides is 1. The number of unbranched alkanes of at least 4 members (excludes halogenated alkanes) is 1. The van der Waals surface area contributed by atoms with Gasteiger partial charge in [0.2, 0.25) is 5.88 Å². The third-order valence-electron chi connectivity index (χ3n) is 6.37. The van der Waals surface area contributed by atoms with Crippen LogP contribution in [0.1, 0.15) is 42.2 Å². The molecule has 0 bridgehead atoms. The topological polar surface area (TPSA) is 120 Å². The van der Waals surface area contributed by atoms with Crippen molar-refractivity contribution in [3.05, 3.63) is 64.6 Å². The molecule has 13 heteroatoms. The summed E-state index contributed by atoms with van der Waals surface area (Å²) in [5.74, 6) is 4.55. The zero-order chi connectivity index (χ0) is 30.3. The fraction of sp³-hybridized carbons (Fsp3) is 0.345. The van der Waals surface area contributed by atoms with Gasteiger partial charge in [0.25, 0.3) is 5.91 Å². The SMILES string of the molecule is CCOC(=O)CCCC#Cc1ccc(-n2c(-c3ccc(Cl)cc3F)nc(C(=O)NN3CCS(=O)(=O)CC3)c2OC)cc1. The van der Waals surface area contributed by atoms with Gasteiger partial charge in [0.05, 0.1) is 36.5 Å². The van der Waals surface area contributed by atoms with Crippen LogP contribution in [0.3, 0.4) is 0 Å². The van der Waals surface area contributed by atoms with Crippen molar-refractivity contribution in [3.8, 4) is 34.8 Å². The van der Waals surface area contributed by atoms with Gasteiger partial charge < -0.3 is 9.47 Å². The molecule has 42 heavy (non-hydrogen) atoms. The van der Waals surface area contributed by atoms with Gasteiger partial charge in [0.1, 0.15) is 5.82 Å². The first-order chi connectivity index (χ1) is 20.1. The van der Waals surface area contributed by atoms with Crippen molar-refractivity contribution in [2.75, 3.05) is 38.3 Å². The second kappa shape index (κ2) is 13.8. The van der Waals surface area contributed by atoms with Crippen molar-refractivity contribution < 1.29 is 31.9 Å². The smallest absolute Gasteiger partial charge is 0.305 e. The van der Waals surface area contributed by atoms with Gasteiger partial charge >= 0.3 is 5.97 Å². The molecule has 0 unspecified atom stereocenters. The number of hydrogen-bond acceptors (Lipinski definition) is 8. The van der Waals surface area contributed by atoms with Crippen LogP contribution in [0.2, 0.25) is 5.02 Å². The number of aromatic nitrogens is 2. The Morgan fingerprint density at radius 2 is 1.86 bits per heavy atom. The lowest BCUT2D eigenvalue weighted by molar-refractivity contribution is -0.143. The van der Waals surface area contributed by atoms with Crippen molar-refractivity contribution in [3.63, 3.8) is 0 Å². The number of nitrogens with zero attached hydrogens (tertiary/aromatic N) is 3. The maximum absolute atomic E-state index is 15.1. The molecule has 0 spiro atoms. The average Bonchev–Trinajstić information content (AvgIpc) is 3.34. The van der Waals surface area contributed by atoms with Crippen LogP contribution in [0.15, 0.2) is 42.5 Å². The van der Waals surface area contributed by atoms with Crippen LogP contribution in [-0.2, 0) is 19.4 Å². The van der Waals surface area contributed by atoms with E-state index >= 15 is 4.39 Å². The fourth-order valence-electron chi connectivity index (χ4n) is 4.27. The van der Waals surface area contributed by atoms with Crippen LogP contribution in [-0.4, -0.2) is 73.2 Å². The molecule has 0 saturated carbocycles. The van der Waals surface area contributed by atoms with E-state index in [1.54, 1.807) is 31.2 Å². The summed E-state index contributed by atoms with van der Waals surface area (Å²) in [5, 5.41) is 1.70. The third-order valence-corrected chi connectivity index (χ3v) is 8.21. The predicted molar refractivity (Wildman–Crippen MR) is 156 cm³/mol. The maximum Gasteiger partial charge on any atom is 0.305 e. The van der Waals surface area contributed by atoms with Crippen molar-refractivity contribution in [2.45, 2.75) is 26.2 Å². The highest BCUT2D eigenvalue weighted by Crippen LogP contribution is 2.34. The van der Waals surface area contributed by atoms with Gasteiger partial charge in [-0.1, -0.05) is 23.4 Å². The molecule has 1 aliphatic heterocycles. The second-order valence-corrected chi connectivity index (χ2v) is 12.1. The molecule has 1 saturated heterocycles. The van der Waals surface area contributed by atoms with Crippen molar-refractivity contribution in [1.29, 1.82) is 0 Å². The van der Waals surface area contributed by atoms with E-state index in [2.05, 4.69) is 22.3 Å². The first-order valence-electron chi connectivity index (χ1n) is 13.2. The highest BCUT2D eigenvalue weighted by molar-refractivity contribution is 7.91. The Hall–Kier alpha value is -3.92. The zero-order valence-electron chi connectivity index (χ0n) is 23.2. The number of ether oxygens (including phenoxy) is 2. The Morgan fingerprint density at radius 1 is 1.14 bits per heavy atom. The second-order valence-electron chi connectivity index (χ2n) is 9.34. The van der Waals surface area contributed by atoms with Crippen molar-refractivity contribution >= 4 is 33.3 Å². The first kappa shape index (κ1) is 31.0. The number of hydrogen-bond donors (Lipinski definition) is 1. The van der Waals surface area contributed by atoms with Crippen LogP contribution in [0, 0.1) is 17.7 Å². The molecule has 3 aromatic rings. The number of rotatable bonds is 9. The Kier molecular flexibility index (Phi) is 10.2. The molecule has 0 atom stereocenters. The molecule has 1 fully saturated rings. The summed E-state index contributed by atoms with van der Waals surface area (Å²) in [6.45, 7) is 2.36. The molecule has 0 aliphatic carbocycles. The lowest BCUT2D eigenvalue weighted by Gasteiger charge is -2.26. The predicted octanol–water partition coefficient (Wildman–Crippen LogP) is 3.80. The number of benzene rings is 2. The Labute approximate surface area is 248 Å². The largest absolute Gasteiger partial charge is 0.480 e. The number of carbonyl (C=O) groups is 2. The minimum atomic E-state index is -3.15. The van der Waals surface area contributed by atoms with E-state index in [1.807, 2.05) is 0 Å². The average molecular weight is 617 g/mol. The Bertz CT molecular complexity index is 1620. The van der Waals surface area contributed by atoms with Gasteiger partial charge in [-0.3, -0.25) is 19.6 Å². The molecule has 2 aromatic carbocycles. The number of halogens is 2. The summed E-state index contributed by atoms with van der Waals surface area (Å²) in [5.41, 5.74) is 3.90. The van der Waals surface area contributed by atoms with Crippen LogP contribution < -0.4 is 10.2 Å². The van der Waals surface area contributed by atoms with Crippen LogP contribution in [0.5, 0.6) is 5.88 Å². The highest BCUT2D eigenvalue weighted by atomic mass is 35.5. The first-order valence-corrected chi connectivity index (χ1v) is 15.4. The minimum absolute atomic E-state index is 0.0549.